The molecule has 3 rings (SSSR count). The maximum atomic E-state index is 15.4. The zero-order chi connectivity index (χ0) is 22.9. The second-order valence-electron chi connectivity index (χ2n) is 8.57. The van der Waals surface area contributed by atoms with E-state index in [9.17, 15) is 9.90 Å². The van der Waals surface area contributed by atoms with Crippen molar-refractivity contribution >= 4 is 28.6 Å². The number of benzene rings is 1. The van der Waals surface area contributed by atoms with Crippen LogP contribution in [0.4, 0.5) is 4.39 Å². The van der Waals surface area contributed by atoms with Crippen molar-refractivity contribution in [3.8, 4) is 5.75 Å². The van der Waals surface area contributed by atoms with Gasteiger partial charge in [-0.05, 0) is 79.6 Å². The molecule has 0 spiro atoms. The number of fused-ring (bicyclic) bond motifs is 1. The summed E-state index contributed by atoms with van der Waals surface area (Å²) in [5, 5.41) is 9.98. The second kappa shape index (κ2) is 12.4. The molecular formula is C25H35FN2O3S. The topological polar surface area (TPSA) is 62.7 Å². The third-order valence-corrected chi connectivity index (χ3v) is 7.45. The standard InChI is InChI=1S/C25H35FN2O3S/c1-3-32-15-14-28-13-11-18(19(17-28)5-9-25(29)30)4-7-23(26)21-10-12-27-24-8-6-20(31-2)16-22(21)24/h6,8,10,12,16,18-19,23H,3-5,7,9,11,13-15,17H2,1-2H3,(H,29,30)/t18-,19+,23?/m1/s1. The molecule has 1 saturated heterocycles. The molecule has 0 aliphatic carbocycles. The highest BCUT2D eigenvalue weighted by atomic mass is 32.2. The SMILES string of the molecule is CCSCCN1CC[C@@H](CCC(F)c2ccnc3ccc(OC)cc23)[C@@H](CCC(=O)O)C1. The molecule has 2 heterocycles. The first-order chi connectivity index (χ1) is 15.5. The van der Waals surface area contributed by atoms with Gasteiger partial charge in [-0.2, -0.15) is 11.8 Å². The minimum atomic E-state index is -1.08. The number of thioether (sulfide) groups is 1. The molecule has 1 aliphatic heterocycles. The van der Waals surface area contributed by atoms with Crippen LogP contribution in [0.15, 0.2) is 30.5 Å². The van der Waals surface area contributed by atoms with Crippen molar-refractivity contribution in [3.63, 3.8) is 0 Å². The molecule has 1 N–H and O–H groups in total. The molecule has 1 unspecified atom stereocenters. The van der Waals surface area contributed by atoms with E-state index in [1.807, 2.05) is 30.0 Å². The fraction of sp³-hybridized carbons (Fsp3) is 0.600. The number of halogens is 1. The molecular weight excluding hydrogens is 427 g/mol. The van der Waals surface area contributed by atoms with Gasteiger partial charge in [0.1, 0.15) is 11.9 Å². The molecule has 1 aromatic carbocycles. The number of likely N-dealkylation sites (tertiary alicyclic amines) is 1. The number of piperidine rings is 1. The van der Waals surface area contributed by atoms with Gasteiger partial charge in [-0.3, -0.25) is 9.78 Å². The number of ether oxygens (including phenoxy) is 1. The van der Waals surface area contributed by atoms with Crippen molar-refractivity contribution in [2.45, 2.75) is 45.2 Å². The number of carbonyl (C=O) groups is 1. The Morgan fingerprint density at radius 3 is 2.94 bits per heavy atom. The van der Waals surface area contributed by atoms with E-state index in [-0.39, 0.29) is 6.42 Å². The van der Waals surface area contributed by atoms with Gasteiger partial charge >= 0.3 is 5.97 Å². The normalized spacial score (nSPS) is 20.3. The van der Waals surface area contributed by atoms with Gasteiger partial charge in [0.2, 0.25) is 0 Å². The molecule has 1 fully saturated rings. The first-order valence-electron chi connectivity index (χ1n) is 11.6. The third-order valence-electron chi connectivity index (χ3n) is 6.57. The fourth-order valence-corrected chi connectivity index (χ4v) is 5.45. The van der Waals surface area contributed by atoms with E-state index in [0.29, 0.717) is 36.0 Å². The Bertz CT molecular complexity index is 881. The van der Waals surface area contributed by atoms with Crippen molar-refractivity contribution in [1.29, 1.82) is 0 Å². The van der Waals surface area contributed by atoms with E-state index in [4.69, 9.17) is 4.74 Å². The summed E-state index contributed by atoms with van der Waals surface area (Å²) in [5.74, 6) is 2.85. The number of nitrogens with zero attached hydrogens (tertiary/aromatic N) is 2. The highest BCUT2D eigenvalue weighted by Gasteiger charge is 2.30. The molecule has 0 bridgehead atoms. The first kappa shape index (κ1) is 24.8. The van der Waals surface area contributed by atoms with Crippen LogP contribution < -0.4 is 4.74 Å². The average molecular weight is 463 g/mol. The largest absolute Gasteiger partial charge is 0.497 e. The number of aliphatic carboxylic acids is 1. The second-order valence-corrected chi connectivity index (χ2v) is 9.96. The molecule has 1 aromatic heterocycles. The van der Waals surface area contributed by atoms with Gasteiger partial charge in [-0.25, -0.2) is 4.39 Å². The van der Waals surface area contributed by atoms with Gasteiger partial charge in [0.05, 0.1) is 12.6 Å². The zero-order valence-electron chi connectivity index (χ0n) is 19.1. The van der Waals surface area contributed by atoms with Crippen molar-refractivity contribution < 1.29 is 19.0 Å². The summed E-state index contributed by atoms with van der Waals surface area (Å²) in [5.41, 5.74) is 1.42. The Hall–Kier alpha value is -1.86. The minimum Gasteiger partial charge on any atom is -0.497 e. The van der Waals surface area contributed by atoms with E-state index >= 15 is 4.39 Å². The Balaban J connectivity index is 1.64. The minimum absolute atomic E-state index is 0.187. The summed E-state index contributed by atoms with van der Waals surface area (Å²) in [6, 6.07) is 7.32. The maximum Gasteiger partial charge on any atom is 0.303 e. The van der Waals surface area contributed by atoms with Crippen LogP contribution in [0.25, 0.3) is 10.9 Å². The summed E-state index contributed by atoms with van der Waals surface area (Å²) < 4.78 is 20.7. The third kappa shape index (κ3) is 6.82. The summed E-state index contributed by atoms with van der Waals surface area (Å²) in [6.07, 6.45) is 3.67. The Morgan fingerprint density at radius 2 is 2.19 bits per heavy atom. The predicted molar refractivity (Wildman–Crippen MR) is 129 cm³/mol. The molecule has 3 atom stereocenters. The molecule has 0 amide bonds. The number of hydrogen-bond donors (Lipinski definition) is 1. The Labute approximate surface area is 194 Å². The molecule has 1 aliphatic rings. The van der Waals surface area contributed by atoms with Gasteiger partial charge in [0.25, 0.3) is 0 Å². The van der Waals surface area contributed by atoms with Crippen LogP contribution in [0.3, 0.4) is 0 Å². The lowest BCUT2D eigenvalue weighted by atomic mass is 9.79. The Kier molecular flexibility index (Phi) is 9.60. The van der Waals surface area contributed by atoms with Crippen LogP contribution in [0, 0.1) is 11.8 Å². The summed E-state index contributed by atoms with van der Waals surface area (Å²) in [4.78, 5) is 18.0. The predicted octanol–water partition coefficient (Wildman–Crippen LogP) is 5.59. The molecule has 5 nitrogen and oxygen atoms in total. The summed E-state index contributed by atoms with van der Waals surface area (Å²) in [7, 11) is 1.61. The smallest absolute Gasteiger partial charge is 0.303 e. The fourth-order valence-electron chi connectivity index (χ4n) is 4.78. The number of carboxylic acid groups (broad SMARTS) is 1. The van der Waals surface area contributed by atoms with Gasteiger partial charge in [-0.15, -0.1) is 0 Å². The lowest BCUT2D eigenvalue weighted by Crippen LogP contribution is -2.41. The highest BCUT2D eigenvalue weighted by Crippen LogP contribution is 2.36. The van der Waals surface area contributed by atoms with Crippen LogP contribution in [0.5, 0.6) is 5.75 Å². The van der Waals surface area contributed by atoms with Gasteiger partial charge in [0, 0.05) is 36.8 Å². The molecule has 2 aromatic rings. The number of methoxy groups -OCH3 is 1. The summed E-state index contributed by atoms with van der Waals surface area (Å²) >= 11 is 1.94. The number of alkyl halides is 1. The van der Waals surface area contributed by atoms with Crippen LogP contribution in [0.1, 0.15) is 50.8 Å². The number of hydrogen-bond acceptors (Lipinski definition) is 5. The van der Waals surface area contributed by atoms with Crippen molar-refractivity contribution in [2.24, 2.45) is 11.8 Å². The van der Waals surface area contributed by atoms with Crippen LogP contribution >= 0.6 is 11.8 Å². The number of rotatable bonds is 12. The molecule has 176 valence electrons. The zero-order valence-corrected chi connectivity index (χ0v) is 20.0. The number of aromatic nitrogens is 1. The van der Waals surface area contributed by atoms with E-state index in [1.54, 1.807) is 19.4 Å². The number of carboxylic acids is 1. The molecule has 0 radical (unpaired) electrons. The lowest BCUT2D eigenvalue weighted by molar-refractivity contribution is -0.137. The van der Waals surface area contributed by atoms with Crippen LogP contribution in [-0.2, 0) is 4.79 Å². The molecule has 32 heavy (non-hydrogen) atoms. The maximum absolute atomic E-state index is 15.4. The summed E-state index contributed by atoms with van der Waals surface area (Å²) in [6.45, 7) is 5.16. The van der Waals surface area contributed by atoms with Crippen LogP contribution in [0.2, 0.25) is 0 Å². The van der Waals surface area contributed by atoms with E-state index in [0.717, 1.165) is 54.9 Å². The van der Waals surface area contributed by atoms with Gasteiger partial charge < -0.3 is 14.7 Å². The van der Waals surface area contributed by atoms with E-state index in [1.165, 1.54) is 0 Å². The number of pyridine rings is 1. The monoisotopic (exact) mass is 462 g/mol. The van der Waals surface area contributed by atoms with Gasteiger partial charge in [0.15, 0.2) is 0 Å². The van der Waals surface area contributed by atoms with Crippen molar-refractivity contribution in [3.05, 3.63) is 36.0 Å². The first-order valence-corrected chi connectivity index (χ1v) is 12.8. The average Bonchev–Trinajstić information content (AvgIpc) is 2.81. The highest BCUT2D eigenvalue weighted by molar-refractivity contribution is 7.99. The van der Waals surface area contributed by atoms with Crippen molar-refractivity contribution in [1.82, 2.24) is 9.88 Å². The molecule has 7 heteroatoms. The van der Waals surface area contributed by atoms with Crippen LogP contribution in [-0.4, -0.2) is 59.2 Å². The van der Waals surface area contributed by atoms with E-state index in [2.05, 4.69) is 16.8 Å². The Morgan fingerprint density at radius 1 is 1.34 bits per heavy atom. The molecule has 0 saturated carbocycles. The quantitative estimate of drug-likeness (QED) is 0.415. The van der Waals surface area contributed by atoms with Gasteiger partial charge in [-0.1, -0.05) is 6.92 Å². The van der Waals surface area contributed by atoms with E-state index < -0.39 is 12.1 Å². The van der Waals surface area contributed by atoms with Crippen molar-refractivity contribution in [2.75, 3.05) is 38.2 Å². The lowest BCUT2D eigenvalue weighted by Gasteiger charge is -2.39.